The molecular weight excluding hydrogens is 285 g/mol. The predicted molar refractivity (Wildman–Crippen MR) is 79.0 cm³/mol. The molecule has 106 valence electrons. The summed E-state index contributed by atoms with van der Waals surface area (Å²) in [6.07, 6.45) is 0.938. The van der Waals surface area contributed by atoms with Gasteiger partial charge in [-0.2, -0.15) is 0 Å². The molecule has 0 radical (unpaired) electrons. The Bertz CT molecular complexity index is 435. The van der Waals surface area contributed by atoms with Crippen LogP contribution >= 0.6 is 23.2 Å². The van der Waals surface area contributed by atoms with E-state index in [0.717, 1.165) is 6.42 Å². The van der Waals surface area contributed by atoms with Crippen molar-refractivity contribution in [3.05, 3.63) is 28.2 Å². The van der Waals surface area contributed by atoms with Gasteiger partial charge in [0.25, 0.3) is 5.91 Å². The molecule has 0 bridgehead atoms. The second-order valence-electron chi connectivity index (χ2n) is 4.96. The van der Waals surface area contributed by atoms with Gasteiger partial charge in [0.1, 0.15) is 5.75 Å². The molecule has 1 atom stereocenters. The second kappa shape index (κ2) is 7.61. The van der Waals surface area contributed by atoms with Crippen LogP contribution in [0.2, 0.25) is 10.0 Å². The van der Waals surface area contributed by atoms with Crippen LogP contribution in [0.1, 0.15) is 27.2 Å². The van der Waals surface area contributed by atoms with Gasteiger partial charge in [-0.3, -0.25) is 4.79 Å². The lowest BCUT2D eigenvalue weighted by Gasteiger charge is -2.16. The maximum atomic E-state index is 11.7. The standard InChI is InChI=1S/C14H19Cl2NO2/c1-9(2)6-10(3)17-14(18)8-19-13-5-4-11(15)7-12(13)16/h4-5,7,9-10H,6,8H2,1-3H3,(H,17,18)/t10-/m1/s1. The smallest absolute Gasteiger partial charge is 0.258 e. The third-order valence-electron chi connectivity index (χ3n) is 2.49. The van der Waals surface area contributed by atoms with E-state index in [9.17, 15) is 4.79 Å². The highest BCUT2D eigenvalue weighted by molar-refractivity contribution is 6.35. The SMILES string of the molecule is CC(C)C[C@@H](C)NC(=O)COc1ccc(Cl)cc1Cl. The summed E-state index contributed by atoms with van der Waals surface area (Å²) in [4.78, 5) is 11.7. The quantitative estimate of drug-likeness (QED) is 0.865. The van der Waals surface area contributed by atoms with Crippen molar-refractivity contribution in [2.75, 3.05) is 6.61 Å². The van der Waals surface area contributed by atoms with E-state index < -0.39 is 0 Å². The van der Waals surface area contributed by atoms with Crippen LogP contribution in [-0.4, -0.2) is 18.6 Å². The molecule has 5 heteroatoms. The molecule has 1 rings (SSSR count). The van der Waals surface area contributed by atoms with E-state index in [1.54, 1.807) is 18.2 Å². The van der Waals surface area contributed by atoms with Gasteiger partial charge in [-0.15, -0.1) is 0 Å². The van der Waals surface area contributed by atoms with Gasteiger partial charge >= 0.3 is 0 Å². The van der Waals surface area contributed by atoms with Crippen molar-refractivity contribution in [1.29, 1.82) is 0 Å². The van der Waals surface area contributed by atoms with Gasteiger partial charge in [0.05, 0.1) is 5.02 Å². The summed E-state index contributed by atoms with van der Waals surface area (Å²) in [5.74, 6) is 0.846. The number of carbonyl (C=O) groups excluding carboxylic acids is 1. The summed E-state index contributed by atoms with van der Waals surface area (Å²) in [5.41, 5.74) is 0. The average Bonchev–Trinajstić information content (AvgIpc) is 2.26. The van der Waals surface area contributed by atoms with Crippen molar-refractivity contribution in [3.63, 3.8) is 0 Å². The number of nitrogens with one attached hydrogen (secondary N) is 1. The summed E-state index contributed by atoms with van der Waals surface area (Å²) in [6, 6.07) is 5.03. The van der Waals surface area contributed by atoms with Crippen molar-refractivity contribution < 1.29 is 9.53 Å². The highest BCUT2D eigenvalue weighted by atomic mass is 35.5. The molecule has 1 aromatic rings. The summed E-state index contributed by atoms with van der Waals surface area (Å²) >= 11 is 11.7. The molecular formula is C14H19Cl2NO2. The van der Waals surface area contributed by atoms with Crippen LogP contribution in [0.4, 0.5) is 0 Å². The fourth-order valence-corrected chi connectivity index (χ4v) is 2.28. The molecule has 0 aliphatic heterocycles. The third kappa shape index (κ3) is 6.17. The van der Waals surface area contributed by atoms with Crippen LogP contribution in [-0.2, 0) is 4.79 Å². The molecule has 0 saturated carbocycles. The Morgan fingerprint density at radius 1 is 1.32 bits per heavy atom. The molecule has 0 unspecified atom stereocenters. The van der Waals surface area contributed by atoms with Gasteiger partial charge < -0.3 is 10.1 Å². The van der Waals surface area contributed by atoms with E-state index in [4.69, 9.17) is 27.9 Å². The molecule has 0 fully saturated rings. The Hall–Kier alpha value is -0.930. The van der Waals surface area contributed by atoms with Gasteiger partial charge in [-0.1, -0.05) is 37.0 Å². The summed E-state index contributed by atoms with van der Waals surface area (Å²) < 4.78 is 5.36. The molecule has 0 aliphatic rings. The highest BCUT2D eigenvalue weighted by Crippen LogP contribution is 2.27. The van der Waals surface area contributed by atoms with Gasteiger partial charge in [0.15, 0.2) is 6.61 Å². The van der Waals surface area contributed by atoms with Gasteiger partial charge in [-0.25, -0.2) is 0 Å². The molecule has 0 aliphatic carbocycles. The lowest BCUT2D eigenvalue weighted by Crippen LogP contribution is -2.36. The minimum Gasteiger partial charge on any atom is -0.482 e. The number of benzene rings is 1. The normalized spacial score (nSPS) is 12.3. The van der Waals surface area contributed by atoms with Crippen LogP contribution in [0.5, 0.6) is 5.75 Å². The lowest BCUT2D eigenvalue weighted by atomic mass is 10.1. The van der Waals surface area contributed by atoms with E-state index in [1.807, 2.05) is 6.92 Å². The van der Waals surface area contributed by atoms with Crippen LogP contribution < -0.4 is 10.1 Å². The second-order valence-corrected chi connectivity index (χ2v) is 5.81. The van der Waals surface area contributed by atoms with Crippen molar-refractivity contribution in [1.82, 2.24) is 5.32 Å². The van der Waals surface area contributed by atoms with Crippen LogP contribution in [0.25, 0.3) is 0 Å². The van der Waals surface area contributed by atoms with E-state index in [-0.39, 0.29) is 18.6 Å². The van der Waals surface area contributed by atoms with Crippen LogP contribution in [0.3, 0.4) is 0 Å². The number of carbonyl (C=O) groups is 1. The fraction of sp³-hybridized carbons (Fsp3) is 0.500. The Morgan fingerprint density at radius 3 is 2.58 bits per heavy atom. The Balaban J connectivity index is 2.41. The van der Waals surface area contributed by atoms with Gasteiger partial charge in [0.2, 0.25) is 0 Å². The first kappa shape index (κ1) is 16.1. The number of rotatable bonds is 6. The van der Waals surface area contributed by atoms with Gasteiger partial charge in [0, 0.05) is 11.1 Å². The van der Waals surface area contributed by atoms with Crippen LogP contribution in [0, 0.1) is 5.92 Å². The van der Waals surface area contributed by atoms with Gasteiger partial charge in [-0.05, 0) is 37.5 Å². The molecule has 1 amide bonds. The first-order chi connectivity index (χ1) is 8.88. The van der Waals surface area contributed by atoms with E-state index >= 15 is 0 Å². The Kier molecular flexibility index (Phi) is 6.46. The Morgan fingerprint density at radius 2 is 2.00 bits per heavy atom. The zero-order valence-corrected chi connectivity index (χ0v) is 12.9. The minimum atomic E-state index is -0.154. The third-order valence-corrected chi connectivity index (χ3v) is 3.02. The molecule has 0 heterocycles. The van der Waals surface area contributed by atoms with Crippen molar-refractivity contribution in [2.45, 2.75) is 33.2 Å². The molecule has 0 spiro atoms. The summed E-state index contributed by atoms with van der Waals surface area (Å²) in [5, 5.41) is 3.81. The largest absolute Gasteiger partial charge is 0.482 e. The van der Waals surface area contributed by atoms with Crippen molar-refractivity contribution >= 4 is 29.1 Å². The zero-order valence-electron chi connectivity index (χ0n) is 11.4. The molecule has 3 nitrogen and oxygen atoms in total. The first-order valence-corrected chi connectivity index (χ1v) is 7.01. The van der Waals surface area contributed by atoms with Crippen molar-refractivity contribution in [3.8, 4) is 5.75 Å². The maximum Gasteiger partial charge on any atom is 0.258 e. The first-order valence-electron chi connectivity index (χ1n) is 6.25. The number of hydrogen-bond acceptors (Lipinski definition) is 2. The molecule has 1 N–H and O–H groups in total. The van der Waals surface area contributed by atoms with E-state index in [1.165, 1.54) is 0 Å². The Labute approximate surface area is 124 Å². The number of ether oxygens (including phenoxy) is 1. The minimum absolute atomic E-state index is 0.0518. The lowest BCUT2D eigenvalue weighted by molar-refractivity contribution is -0.123. The molecule has 0 aromatic heterocycles. The average molecular weight is 304 g/mol. The topological polar surface area (TPSA) is 38.3 Å². The maximum absolute atomic E-state index is 11.7. The highest BCUT2D eigenvalue weighted by Gasteiger charge is 2.10. The number of amides is 1. The number of halogens is 2. The monoisotopic (exact) mass is 303 g/mol. The van der Waals surface area contributed by atoms with E-state index in [0.29, 0.717) is 21.7 Å². The number of hydrogen-bond donors (Lipinski definition) is 1. The van der Waals surface area contributed by atoms with Crippen molar-refractivity contribution in [2.24, 2.45) is 5.92 Å². The molecule has 19 heavy (non-hydrogen) atoms. The van der Waals surface area contributed by atoms with E-state index in [2.05, 4.69) is 19.2 Å². The molecule has 1 aromatic carbocycles. The molecule has 0 saturated heterocycles. The summed E-state index contributed by atoms with van der Waals surface area (Å²) in [6.45, 7) is 6.16. The van der Waals surface area contributed by atoms with Crippen LogP contribution in [0.15, 0.2) is 18.2 Å². The predicted octanol–water partition coefficient (Wildman–Crippen LogP) is 3.92. The fourth-order valence-electron chi connectivity index (χ4n) is 1.82. The summed E-state index contributed by atoms with van der Waals surface area (Å²) in [7, 11) is 0. The zero-order chi connectivity index (χ0) is 14.4.